The van der Waals surface area contributed by atoms with Crippen molar-refractivity contribution in [1.29, 1.82) is 0 Å². The van der Waals surface area contributed by atoms with Crippen molar-refractivity contribution in [3.63, 3.8) is 0 Å². The molecule has 1 heterocycles. The molecular weight excluding hydrogens is 428 g/mol. The van der Waals surface area contributed by atoms with Crippen LogP contribution in [-0.4, -0.2) is 27.5 Å². The Morgan fingerprint density at radius 1 is 0.906 bits per heavy atom. The van der Waals surface area contributed by atoms with Crippen molar-refractivity contribution in [3.05, 3.63) is 83.9 Å². The molecule has 1 aliphatic heterocycles. The Morgan fingerprint density at radius 2 is 1.62 bits per heavy atom. The molecule has 0 saturated carbocycles. The van der Waals surface area contributed by atoms with Crippen LogP contribution in [0.1, 0.15) is 11.1 Å². The fraction of sp³-hybridized carbons (Fsp3) is 0.125. The van der Waals surface area contributed by atoms with Gasteiger partial charge in [-0.3, -0.25) is 9.52 Å². The summed E-state index contributed by atoms with van der Waals surface area (Å²) in [6, 6.07) is 18.7. The number of nitrogens with one attached hydrogen (secondary N) is 2. The molecule has 32 heavy (non-hydrogen) atoms. The van der Waals surface area contributed by atoms with Crippen LogP contribution >= 0.6 is 0 Å². The van der Waals surface area contributed by atoms with Crippen molar-refractivity contribution in [2.75, 3.05) is 23.3 Å². The number of benzene rings is 3. The van der Waals surface area contributed by atoms with Gasteiger partial charge in [0.1, 0.15) is 13.2 Å². The van der Waals surface area contributed by atoms with Gasteiger partial charge in [0.05, 0.1) is 4.90 Å². The summed E-state index contributed by atoms with van der Waals surface area (Å²) in [4.78, 5) is 12.2. The summed E-state index contributed by atoms with van der Waals surface area (Å²) < 4.78 is 38.8. The molecule has 8 heteroatoms. The molecule has 0 saturated heterocycles. The minimum Gasteiger partial charge on any atom is -0.486 e. The molecular formula is C24H22N2O5S. The monoisotopic (exact) mass is 450 g/mol. The maximum absolute atomic E-state index is 12.7. The van der Waals surface area contributed by atoms with Crippen LogP contribution in [0.3, 0.4) is 0 Å². The van der Waals surface area contributed by atoms with Crippen LogP contribution in [0.25, 0.3) is 6.08 Å². The molecule has 0 bridgehead atoms. The molecule has 164 valence electrons. The second kappa shape index (κ2) is 9.15. The van der Waals surface area contributed by atoms with Crippen molar-refractivity contribution in [2.45, 2.75) is 11.8 Å². The molecule has 0 unspecified atom stereocenters. The number of hydrogen-bond donors (Lipinski definition) is 2. The number of anilines is 2. The Labute approximate surface area is 186 Å². The van der Waals surface area contributed by atoms with E-state index in [4.69, 9.17) is 9.47 Å². The molecule has 0 aliphatic carbocycles. The summed E-state index contributed by atoms with van der Waals surface area (Å²) in [5.74, 6) is 0.638. The molecule has 3 aromatic rings. The van der Waals surface area contributed by atoms with E-state index >= 15 is 0 Å². The number of rotatable bonds is 6. The Morgan fingerprint density at radius 3 is 2.38 bits per heavy atom. The fourth-order valence-electron chi connectivity index (χ4n) is 3.16. The second-order valence-electron chi connectivity index (χ2n) is 7.23. The lowest BCUT2D eigenvalue weighted by Crippen LogP contribution is -2.17. The van der Waals surface area contributed by atoms with Gasteiger partial charge in [-0.1, -0.05) is 29.8 Å². The number of aryl methyl sites for hydroxylation is 1. The number of hydrogen-bond acceptors (Lipinski definition) is 5. The van der Waals surface area contributed by atoms with Crippen molar-refractivity contribution in [1.82, 2.24) is 0 Å². The summed E-state index contributed by atoms with van der Waals surface area (Å²) in [7, 11) is -3.81. The van der Waals surface area contributed by atoms with Crippen LogP contribution in [0.2, 0.25) is 0 Å². The summed E-state index contributed by atoms with van der Waals surface area (Å²) in [6.45, 7) is 2.79. The van der Waals surface area contributed by atoms with Gasteiger partial charge in [-0.25, -0.2) is 8.42 Å². The highest BCUT2D eigenvalue weighted by molar-refractivity contribution is 7.92. The highest BCUT2D eigenvalue weighted by Crippen LogP contribution is 2.32. The third kappa shape index (κ3) is 5.28. The Bertz CT molecular complexity index is 1270. The van der Waals surface area contributed by atoms with Crippen LogP contribution in [0, 0.1) is 6.92 Å². The lowest BCUT2D eigenvalue weighted by molar-refractivity contribution is -0.111. The predicted molar refractivity (Wildman–Crippen MR) is 124 cm³/mol. The van der Waals surface area contributed by atoms with Gasteiger partial charge in [0.2, 0.25) is 5.91 Å². The van der Waals surface area contributed by atoms with Crippen LogP contribution in [0.4, 0.5) is 11.4 Å². The van der Waals surface area contributed by atoms with E-state index in [1.54, 1.807) is 36.4 Å². The highest BCUT2D eigenvalue weighted by atomic mass is 32.2. The third-order valence-corrected chi connectivity index (χ3v) is 6.08. The minimum atomic E-state index is -3.81. The maximum Gasteiger partial charge on any atom is 0.262 e. The average molecular weight is 451 g/mol. The van der Waals surface area contributed by atoms with E-state index in [2.05, 4.69) is 10.0 Å². The van der Waals surface area contributed by atoms with Gasteiger partial charge in [0, 0.05) is 23.5 Å². The molecule has 0 atom stereocenters. The SMILES string of the molecule is Cc1cccc(/C=C/C(=O)Nc2ccc(NS(=O)(=O)c3ccc4c(c3)OCCO4)cc2)c1. The van der Waals surface area contributed by atoms with E-state index in [0.717, 1.165) is 11.1 Å². The van der Waals surface area contributed by atoms with Gasteiger partial charge < -0.3 is 14.8 Å². The van der Waals surface area contributed by atoms with Crippen molar-refractivity contribution in [2.24, 2.45) is 0 Å². The Hall–Kier alpha value is -3.78. The van der Waals surface area contributed by atoms with E-state index in [-0.39, 0.29) is 10.8 Å². The summed E-state index contributed by atoms with van der Waals surface area (Å²) in [5, 5.41) is 2.75. The average Bonchev–Trinajstić information content (AvgIpc) is 2.78. The number of carbonyl (C=O) groups is 1. The molecule has 1 aliphatic rings. The van der Waals surface area contributed by atoms with Gasteiger partial charge in [-0.15, -0.1) is 0 Å². The molecule has 4 rings (SSSR count). The topological polar surface area (TPSA) is 93.7 Å². The molecule has 0 spiro atoms. The first-order valence-electron chi connectivity index (χ1n) is 9.97. The normalized spacial score (nSPS) is 13.0. The fourth-order valence-corrected chi connectivity index (χ4v) is 4.23. The van der Waals surface area contributed by atoms with E-state index < -0.39 is 10.0 Å². The highest BCUT2D eigenvalue weighted by Gasteiger charge is 2.19. The van der Waals surface area contributed by atoms with Crippen molar-refractivity contribution < 1.29 is 22.7 Å². The molecule has 3 aromatic carbocycles. The zero-order valence-corrected chi connectivity index (χ0v) is 18.2. The molecule has 2 N–H and O–H groups in total. The van der Waals surface area contributed by atoms with Crippen LogP contribution in [-0.2, 0) is 14.8 Å². The number of sulfonamides is 1. The first-order valence-corrected chi connectivity index (χ1v) is 11.5. The number of ether oxygens (including phenoxy) is 2. The molecule has 1 amide bonds. The second-order valence-corrected chi connectivity index (χ2v) is 8.91. The first-order chi connectivity index (χ1) is 15.4. The quantitative estimate of drug-likeness (QED) is 0.549. The number of carbonyl (C=O) groups excluding carboxylic acids is 1. The van der Waals surface area contributed by atoms with Crippen LogP contribution in [0.5, 0.6) is 11.5 Å². The van der Waals surface area contributed by atoms with E-state index in [9.17, 15) is 13.2 Å². The lowest BCUT2D eigenvalue weighted by atomic mass is 10.1. The van der Waals surface area contributed by atoms with Crippen molar-refractivity contribution in [3.8, 4) is 11.5 Å². The summed E-state index contributed by atoms with van der Waals surface area (Å²) in [6.07, 6.45) is 3.19. The standard InChI is InChI=1S/C24H22N2O5S/c1-17-3-2-4-18(15-17)5-12-24(27)25-19-6-8-20(9-7-19)26-32(28,29)21-10-11-22-23(16-21)31-14-13-30-22/h2-12,15-16,26H,13-14H2,1H3,(H,25,27)/b12-5+. The van der Waals surface area contributed by atoms with Gasteiger partial charge in [-0.2, -0.15) is 0 Å². The van der Waals surface area contributed by atoms with Gasteiger partial charge in [-0.05, 0) is 55.0 Å². The maximum atomic E-state index is 12.7. The zero-order chi connectivity index (χ0) is 22.6. The minimum absolute atomic E-state index is 0.0698. The van der Waals surface area contributed by atoms with Gasteiger partial charge in [0.15, 0.2) is 11.5 Å². The summed E-state index contributed by atoms with van der Waals surface area (Å²) >= 11 is 0. The number of amides is 1. The Balaban J connectivity index is 1.39. The predicted octanol–water partition coefficient (Wildman–Crippen LogP) is 4.22. The largest absolute Gasteiger partial charge is 0.486 e. The summed E-state index contributed by atoms with van der Waals surface area (Å²) in [5.41, 5.74) is 2.96. The Kier molecular flexibility index (Phi) is 6.13. The van der Waals surface area contributed by atoms with Crippen molar-refractivity contribution >= 4 is 33.4 Å². The zero-order valence-electron chi connectivity index (χ0n) is 17.4. The smallest absolute Gasteiger partial charge is 0.262 e. The molecule has 0 aromatic heterocycles. The number of fused-ring (bicyclic) bond motifs is 1. The van der Waals surface area contributed by atoms with Crippen LogP contribution < -0.4 is 19.5 Å². The van der Waals surface area contributed by atoms with Gasteiger partial charge >= 0.3 is 0 Å². The van der Waals surface area contributed by atoms with E-state index in [1.165, 1.54) is 18.2 Å². The third-order valence-electron chi connectivity index (χ3n) is 4.70. The van der Waals surface area contributed by atoms with E-state index in [1.807, 2.05) is 31.2 Å². The van der Waals surface area contributed by atoms with Gasteiger partial charge in [0.25, 0.3) is 10.0 Å². The van der Waals surface area contributed by atoms with Crippen LogP contribution in [0.15, 0.2) is 77.7 Å². The first kappa shape index (κ1) is 21.5. The molecule has 7 nitrogen and oxygen atoms in total. The molecule has 0 radical (unpaired) electrons. The van der Waals surface area contributed by atoms with E-state index in [0.29, 0.717) is 36.1 Å². The lowest BCUT2D eigenvalue weighted by Gasteiger charge is -2.19. The molecule has 0 fully saturated rings.